The number of anilines is 1. The monoisotopic (exact) mass is 440 g/mol. The van der Waals surface area contributed by atoms with Gasteiger partial charge in [0.25, 0.3) is 0 Å². The summed E-state index contributed by atoms with van der Waals surface area (Å²) in [5, 5.41) is 4.23. The number of benzene rings is 2. The van der Waals surface area contributed by atoms with Gasteiger partial charge in [0.15, 0.2) is 5.11 Å². The molecule has 32 heavy (non-hydrogen) atoms. The Morgan fingerprint density at radius 2 is 1.78 bits per heavy atom. The van der Waals surface area contributed by atoms with Gasteiger partial charge in [-0.25, -0.2) is 0 Å². The number of hydrogen-bond donors (Lipinski definition) is 1. The van der Waals surface area contributed by atoms with Gasteiger partial charge >= 0.3 is 0 Å². The second-order valence-corrected chi connectivity index (χ2v) is 8.22. The van der Waals surface area contributed by atoms with E-state index in [2.05, 4.69) is 81.4 Å². The molecule has 0 bridgehead atoms. The fourth-order valence-corrected chi connectivity index (χ4v) is 4.67. The van der Waals surface area contributed by atoms with Crippen molar-refractivity contribution in [3.05, 3.63) is 108 Å². The molecule has 2 atom stereocenters. The first-order valence-corrected chi connectivity index (χ1v) is 11.0. The van der Waals surface area contributed by atoms with E-state index in [1.54, 1.807) is 7.11 Å². The van der Waals surface area contributed by atoms with E-state index in [9.17, 15) is 0 Å². The molecular formula is C26H24N4OS. The van der Waals surface area contributed by atoms with Gasteiger partial charge < -0.3 is 19.5 Å². The summed E-state index contributed by atoms with van der Waals surface area (Å²) < 4.78 is 7.55. The van der Waals surface area contributed by atoms with Crippen molar-refractivity contribution in [2.24, 2.45) is 0 Å². The van der Waals surface area contributed by atoms with Gasteiger partial charge in [0.05, 0.1) is 18.8 Å². The molecule has 0 aliphatic carbocycles. The summed E-state index contributed by atoms with van der Waals surface area (Å²) in [4.78, 5) is 6.86. The summed E-state index contributed by atoms with van der Waals surface area (Å²) in [5.41, 5.74) is 5.40. The standard InChI is InChI=1S/C26H24N4OS/c1-18-7-5-8-20(17-18)30-25(24(28-26(30)32)22-9-3-4-15-27-22)23-10-6-16-29(23)19-11-13-21(31-2)14-12-19/h3-17,24-25H,1-2H3,(H,28,32). The average Bonchev–Trinajstić information content (AvgIpc) is 3.44. The SMILES string of the molecule is COc1ccc(-n2cccc2C2C(c3ccccn3)NC(=S)N2c2cccc(C)c2)cc1. The number of hydrogen-bond acceptors (Lipinski definition) is 3. The Labute approximate surface area is 193 Å². The molecule has 0 saturated carbocycles. The van der Waals surface area contributed by atoms with E-state index in [0.29, 0.717) is 5.11 Å². The molecule has 1 aliphatic heterocycles. The Hall–Kier alpha value is -3.64. The van der Waals surface area contributed by atoms with Gasteiger partial charge in [-0.1, -0.05) is 18.2 Å². The van der Waals surface area contributed by atoms with Crippen LogP contribution in [-0.2, 0) is 0 Å². The van der Waals surface area contributed by atoms with Gasteiger partial charge in [0, 0.05) is 29.5 Å². The quantitative estimate of drug-likeness (QED) is 0.423. The number of aryl methyl sites for hydroxylation is 1. The van der Waals surface area contributed by atoms with Crippen LogP contribution in [0.25, 0.3) is 5.69 Å². The Morgan fingerprint density at radius 3 is 2.50 bits per heavy atom. The first kappa shape index (κ1) is 20.3. The molecule has 0 spiro atoms. The first-order chi connectivity index (χ1) is 15.7. The van der Waals surface area contributed by atoms with Crippen LogP contribution in [0.3, 0.4) is 0 Å². The Bertz CT molecular complexity index is 1240. The number of nitrogens with zero attached hydrogens (tertiary/aromatic N) is 3. The van der Waals surface area contributed by atoms with E-state index in [4.69, 9.17) is 17.0 Å². The minimum atomic E-state index is -0.0869. The van der Waals surface area contributed by atoms with Gasteiger partial charge in [-0.3, -0.25) is 4.98 Å². The first-order valence-electron chi connectivity index (χ1n) is 10.5. The predicted molar refractivity (Wildman–Crippen MR) is 131 cm³/mol. The largest absolute Gasteiger partial charge is 0.497 e. The highest BCUT2D eigenvalue weighted by Gasteiger charge is 2.42. The Morgan fingerprint density at radius 1 is 0.938 bits per heavy atom. The lowest BCUT2D eigenvalue weighted by Crippen LogP contribution is -2.30. The minimum absolute atomic E-state index is 0.0729. The van der Waals surface area contributed by atoms with Crippen molar-refractivity contribution in [3.8, 4) is 11.4 Å². The molecule has 2 aromatic heterocycles. The zero-order valence-corrected chi connectivity index (χ0v) is 18.8. The molecule has 1 aliphatic rings. The number of pyridine rings is 1. The van der Waals surface area contributed by atoms with Crippen molar-refractivity contribution >= 4 is 23.0 Å². The van der Waals surface area contributed by atoms with Crippen LogP contribution in [0, 0.1) is 6.92 Å². The zero-order valence-electron chi connectivity index (χ0n) is 18.0. The third-order valence-electron chi connectivity index (χ3n) is 5.81. The van der Waals surface area contributed by atoms with Crippen molar-refractivity contribution in [3.63, 3.8) is 0 Å². The van der Waals surface area contributed by atoms with E-state index in [0.717, 1.165) is 28.5 Å². The molecule has 5 nitrogen and oxygen atoms in total. The summed E-state index contributed by atoms with van der Waals surface area (Å²) in [6, 6.07) is 26.6. The lowest BCUT2D eigenvalue weighted by molar-refractivity contribution is 0.414. The Kier molecular flexibility index (Phi) is 5.37. The van der Waals surface area contributed by atoms with E-state index in [-0.39, 0.29) is 12.1 Å². The normalized spacial score (nSPS) is 17.9. The molecule has 6 heteroatoms. The number of rotatable bonds is 5. The van der Waals surface area contributed by atoms with E-state index < -0.39 is 0 Å². The second kappa shape index (κ2) is 8.48. The summed E-state index contributed by atoms with van der Waals surface area (Å²) >= 11 is 5.85. The van der Waals surface area contributed by atoms with Gasteiger partial charge in [0.1, 0.15) is 11.8 Å². The van der Waals surface area contributed by atoms with Crippen molar-refractivity contribution < 1.29 is 4.74 Å². The van der Waals surface area contributed by atoms with Gasteiger partial charge in [-0.15, -0.1) is 0 Å². The van der Waals surface area contributed by atoms with Crippen LogP contribution in [0.1, 0.15) is 29.0 Å². The summed E-state index contributed by atoms with van der Waals surface area (Å²) in [6.07, 6.45) is 3.91. The van der Waals surface area contributed by atoms with Gasteiger partial charge in [-0.05, 0) is 85.4 Å². The number of thiocarbonyl (C=S) groups is 1. The van der Waals surface area contributed by atoms with Crippen LogP contribution in [-0.4, -0.2) is 21.8 Å². The highest BCUT2D eigenvalue weighted by molar-refractivity contribution is 7.80. The maximum Gasteiger partial charge on any atom is 0.174 e. The fraction of sp³-hybridized carbons (Fsp3) is 0.154. The number of aromatic nitrogens is 2. The van der Waals surface area contributed by atoms with Gasteiger partial charge in [0.2, 0.25) is 0 Å². The minimum Gasteiger partial charge on any atom is -0.497 e. The third-order valence-corrected chi connectivity index (χ3v) is 6.13. The highest BCUT2D eigenvalue weighted by Crippen LogP contribution is 2.42. The molecule has 2 aromatic carbocycles. The maximum absolute atomic E-state index is 5.85. The van der Waals surface area contributed by atoms with Crippen LogP contribution >= 0.6 is 12.2 Å². The lowest BCUT2D eigenvalue weighted by atomic mass is 10.0. The lowest BCUT2D eigenvalue weighted by Gasteiger charge is -2.29. The molecule has 0 radical (unpaired) electrons. The molecule has 160 valence electrons. The topological polar surface area (TPSA) is 42.3 Å². The molecule has 2 unspecified atom stereocenters. The average molecular weight is 441 g/mol. The van der Waals surface area contributed by atoms with Gasteiger partial charge in [-0.2, -0.15) is 0 Å². The van der Waals surface area contributed by atoms with E-state index >= 15 is 0 Å². The summed E-state index contributed by atoms with van der Waals surface area (Å²) in [6.45, 7) is 2.10. The molecule has 1 N–H and O–H groups in total. The predicted octanol–water partition coefficient (Wildman–Crippen LogP) is 5.37. The molecule has 3 heterocycles. The molecule has 4 aromatic rings. The van der Waals surface area contributed by atoms with E-state index in [1.807, 2.05) is 36.5 Å². The van der Waals surface area contributed by atoms with Crippen molar-refractivity contribution in [1.82, 2.24) is 14.9 Å². The van der Waals surface area contributed by atoms with Crippen molar-refractivity contribution in [2.75, 3.05) is 12.0 Å². The number of ether oxygens (including phenoxy) is 1. The van der Waals surface area contributed by atoms with E-state index in [1.165, 1.54) is 5.56 Å². The zero-order chi connectivity index (χ0) is 22.1. The number of nitrogens with one attached hydrogen (secondary N) is 1. The summed E-state index contributed by atoms with van der Waals surface area (Å²) in [7, 11) is 1.68. The van der Waals surface area contributed by atoms with Crippen LogP contribution in [0.15, 0.2) is 91.3 Å². The molecule has 0 amide bonds. The maximum atomic E-state index is 5.85. The fourth-order valence-electron chi connectivity index (χ4n) is 4.32. The van der Waals surface area contributed by atoms with Crippen molar-refractivity contribution in [2.45, 2.75) is 19.0 Å². The number of methoxy groups -OCH3 is 1. The third kappa shape index (κ3) is 3.63. The molecular weight excluding hydrogens is 416 g/mol. The van der Waals surface area contributed by atoms with Crippen LogP contribution in [0.5, 0.6) is 5.75 Å². The smallest absolute Gasteiger partial charge is 0.174 e. The van der Waals surface area contributed by atoms with Crippen LogP contribution < -0.4 is 15.0 Å². The van der Waals surface area contributed by atoms with Crippen molar-refractivity contribution in [1.29, 1.82) is 0 Å². The second-order valence-electron chi connectivity index (χ2n) is 7.84. The van der Waals surface area contributed by atoms with Crippen LogP contribution in [0.4, 0.5) is 5.69 Å². The molecule has 1 fully saturated rings. The highest BCUT2D eigenvalue weighted by atomic mass is 32.1. The molecule has 1 saturated heterocycles. The Balaban J connectivity index is 1.65. The summed E-state index contributed by atoms with van der Waals surface area (Å²) in [5.74, 6) is 0.832. The molecule has 5 rings (SSSR count). The van der Waals surface area contributed by atoms with Crippen LogP contribution in [0.2, 0.25) is 0 Å².